The number of esters is 1. The van der Waals surface area contributed by atoms with Gasteiger partial charge in [0.1, 0.15) is 0 Å². The third kappa shape index (κ3) is 1.79. The van der Waals surface area contributed by atoms with Crippen LogP contribution in [0.1, 0.15) is 45.4 Å². The second kappa shape index (κ2) is 3.98. The van der Waals surface area contributed by atoms with Crippen LogP contribution in [0.15, 0.2) is 0 Å². The van der Waals surface area contributed by atoms with Crippen LogP contribution in [-0.2, 0) is 9.53 Å². The highest BCUT2D eigenvalue weighted by Crippen LogP contribution is 2.58. The minimum absolute atomic E-state index is 0.0949. The maximum Gasteiger partial charge on any atom is 0.307 e. The van der Waals surface area contributed by atoms with E-state index in [0.717, 1.165) is 11.8 Å². The molecule has 3 nitrogen and oxygen atoms in total. The quantitative estimate of drug-likeness (QED) is 0.765. The molecule has 0 aliphatic heterocycles. The van der Waals surface area contributed by atoms with E-state index in [0.29, 0.717) is 24.9 Å². The standard InChI is InChI=1S/C14H23NO2/c1-2-17-13(16)8-14(15)11-4-9-3-10(6-11)7-12(14)5-9/h9-12H,2-8,15H2,1H3. The van der Waals surface area contributed by atoms with Crippen LogP contribution in [0.3, 0.4) is 0 Å². The molecule has 0 aromatic carbocycles. The average Bonchev–Trinajstić information content (AvgIpc) is 2.25. The molecular formula is C14H23NO2. The number of nitrogens with two attached hydrogens (primary N) is 1. The SMILES string of the molecule is CCOC(=O)CC1(N)C2CC3CC(C2)CC1C3. The normalized spacial score (nSPS) is 47.2. The average molecular weight is 237 g/mol. The molecule has 0 aromatic heterocycles. The first kappa shape index (κ1) is 11.5. The largest absolute Gasteiger partial charge is 0.466 e. The van der Waals surface area contributed by atoms with Crippen molar-refractivity contribution in [2.24, 2.45) is 29.4 Å². The molecule has 0 atom stereocenters. The first-order valence-corrected chi connectivity index (χ1v) is 7.06. The van der Waals surface area contributed by atoms with Crippen molar-refractivity contribution in [3.05, 3.63) is 0 Å². The summed E-state index contributed by atoms with van der Waals surface area (Å²) >= 11 is 0. The van der Waals surface area contributed by atoms with E-state index in [4.69, 9.17) is 10.5 Å². The highest BCUT2D eigenvalue weighted by atomic mass is 16.5. The molecule has 3 heteroatoms. The molecule has 0 heterocycles. The molecule has 0 spiro atoms. The predicted octanol–water partition coefficient (Wildman–Crippen LogP) is 2.09. The van der Waals surface area contributed by atoms with E-state index in [2.05, 4.69) is 0 Å². The Kier molecular flexibility index (Phi) is 2.69. The minimum atomic E-state index is -0.250. The lowest BCUT2D eigenvalue weighted by Crippen LogP contribution is -2.63. The van der Waals surface area contributed by atoms with Gasteiger partial charge in [0.25, 0.3) is 0 Å². The van der Waals surface area contributed by atoms with E-state index in [9.17, 15) is 4.79 Å². The van der Waals surface area contributed by atoms with Gasteiger partial charge in [0, 0.05) is 5.54 Å². The molecule has 0 radical (unpaired) electrons. The van der Waals surface area contributed by atoms with E-state index in [1.807, 2.05) is 6.92 Å². The summed E-state index contributed by atoms with van der Waals surface area (Å²) in [6, 6.07) is 0. The van der Waals surface area contributed by atoms with Crippen molar-refractivity contribution in [3.8, 4) is 0 Å². The molecule has 4 rings (SSSR count). The molecule has 4 fully saturated rings. The molecule has 4 bridgehead atoms. The fraction of sp³-hybridized carbons (Fsp3) is 0.929. The summed E-state index contributed by atoms with van der Waals surface area (Å²) in [5, 5.41) is 0. The van der Waals surface area contributed by atoms with Crippen LogP contribution in [0, 0.1) is 23.7 Å². The van der Waals surface area contributed by atoms with Crippen molar-refractivity contribution in [1.82, 2.24) is 0 Å². The lowest BCUT2D eigenvalue weighted by molar-refractivity contribution is -0.149. The molecule has 0 amide bonds. The second-order valence-electron chi connectivity index (χ2n) is 6.40. The highest BCUT2D eigenvalue weighted by molar-refractivity contribution is 5.71. The summed E-state index contributed by atoms with van der Waals surface area (Å²) in [4.78, 5) is 11.7. The van der Waals surface area contributed by atoms with Gasteiger partial charge in [-0.05, 0) is 62.7 Å². The highest BCUT2D eigenvalue weighted by Gasteiger charge is 2.55. The summed E-state index contributed by atoms with van der Waals surface area (Å²) in [7, 11) is 0. The number of carbonyl (C=O) groups is 1. The maximum absolute atomic E-state index is 11.7. The van der Waals surface area contributed by atoms with Crippen molar-refractivity contribution >= 4 is 5.97 Å². The first-order valence-electron chi connectivity index (χ1n) is 7.06. The monoisotopic (exact) mass is 237 g/mol. The number of hydrogen-bond donors (Lipinski definition) is 1. The molecule has 0 unspecified atom stereocenters. The van der Waals surface area contributed by atoms with Gasteiger partial charge in [-0.15, -0.1) is 0 Å². The van der Waals surface area contributed by atoms with E-state index in [1.54, 1.807) is 0 Å². The van der Waals surface area contributed by atoms with Crippen molar-refractivity contribution in [2.75, 3.05) is 6.61 Å². The van der Waals surface area contributed by atoms with Crippen LogP contribution in [-0.4, -0.2) is 18.1 Å². The second-order valence-corrected chi connectivity index (χ2v) is 6.40. The van der Waals surface area contributed by atoms with Crippen molar-refractivity contribution in [3.63, 3.8) is 0 Å². The van der Waals surface area contributed by atoms with Crippen LogP contribution in [0.2, 0.25) is 0 Å². The van der Waals surface area contributed by atoms with Crippen LogP contribution in [0.5, 0.6) is 0 Å². The van der Waals surface area contributed by atoms with Crippen molar-refractivity contribution < 1.29 is 9.53 Å². The van der Waals surface area contributed by atoms with Crippen molar-refractivity contribution in [2.45, 2.75) is 51.0 Å². The third-order valence-corrected chi connectivity index (χ3v) is 5.41. The van der Waals surface area contributed by atoms with Gasteiger partial charge in [-0.3, -0.25) is 4.79 Å². The number of carbonyl (C=O) groups excluding carboxylic acids is 1. The molecule has 4 aliphatic carbocycles. The molecule has 96 valence electrons. The number of rotatable bonds is 3. The van der Waals surface area contributed by atoms with E-state index >= 15 is 0 Å². The van der Waals surface area contributed by atoms with Crippen LogP contribution >= 0.6 is 0 Å². The Labute approximate surface area is 103 Å². The molecule has 4 saturated carbocycles. The maximum atomic E-state index is 11.7. The van der Waals surface area contributed by atoms with Gasteiger partial charge in [0.15, 0.2) is 0 Å². The lowest BCUT2D eigenvalue weighted by atomic mass is 9.48. The van der Waals surface area contributed by atoms with Crippen LogP contribution in [0.4, 0.5) is 0 Å². The summed E-state index contributed by atoms with van der Waals surface area (Å²) < 4.78 is 5.09. The van der Waals surface area contributed by atoms with Gasteiger partial charge in [0.05, 0.1) is 13.0 Å². The topological polar surface area (TPSA) is 52.3 Å². The zero-order valence-electron chi connectivity index (χ0n) is 10.7. The fourth-order valence-electron chi connectivity index (χ4n) is 4.81. The Bertz CT molecular complexity index is 298. The van der Waals surface area contributed by atoms with Gasteiger partial charge >= 0.3 is 5.97 Å². The summed E-state index contributed by atoms with van der Waals surface area (Å²) in [5.41, 5.74) is 6.37. The van der Waals surface area contributed by atoms with Gasteiger partial charge in [-0.1, -0.05) is 0 Å². The smallest absolute Gasteiger partial charge is 0.307 e. The Morgan fingerprint density at radius 3 is 2.18 bits per heavy atom. The fourth-order valence-corrected chi connectivity index (χ4v) is 4.81. The van der Waals surface area contributed by atoms with Gasteiger partial charge < -0.3 is 10.5 Å². The molecule has 17 heavy (non-hydrogen) atoms. The zero-order chi connectivity index (χ0) is 12.0. The van der Waals surface area contributed by atoms with Gasteiger partial charge in [0.2, 0.25) is 0 Å². The van der Waals surface area contributed by atoms with Crippen molar-refractivity contribution in [1.29, 1.82) is 0 Å². The lowest BCUT2D eigenvalue weighted by Gasteiger charge is -2.59. The minimum Gasteiger partial charge on any atom is -0.466 e. The van der Waals surface area contributed by atoms with E-state index < -0.39 is 0 Å². The Hall–Kier alpha value is -0.570. The predicted molar refractivity (Wildman–Crippen MR) is 65.2 cm³/mol. The molecular weight excluding hydrogens is 214 g/mol. The summed E-state index contributed by atoms with van der Waals surface area (Å²) in [6.45, 7) is 2.33. The van der Waals surface area contributed by atoms with Gasteiger partial charge in [-0.25, -0.2) is 0 Å². The molecule has 0 saturated heterocycles. The first-order chi connectivity index (χ1) is 8.11. The molecule has 0 aromatic rings. The van der Waals surface area contributed by atoms with E-state index in [1.165, 1.54) is 32.1 Å². The Morgan fingerprint density at radius 1 is 1.18 bits per heavy atom. The zero-order valence-corrected chi connectivity index (χ0v) is 10.7. The van der Waals surface area contributed by atoms with Gasteiger partial charge in [-0.2, -0.15) is 0 Å². The third-order valence-electron chi connectivity index (χ3n) is 5.41. The molecule has 2 N–H and O–H groups in total. The Morgan fingerprint density at radius 2 is 1.71 bits per heavy atom. The molecule has 4 aliphatic rings. The number of ether oxygens (including phenoxy) is 1. The number of hydrogen-bond acceptors (Lipinski definition) is 3. The van der Waals surface area contributed by atoms with Crippen LogP contribution < -0.4 is 5.73 Å². The Balaban J connectivity index is 1.75. The summed E-state index contributed by atoms with van der Waals surface area (Å²) in [6.07, 6.45) is 6.87. The van der Waals surface area contributed by atoms with E-state index in [-0.39, 0.29) is 11.5 Å². The van der Waals surface area contributed by atoms with Crippen LogP contribution in [0.25, 0.3) is 0 Å². The summed E-state index contributed by atoms with van der Waals surface area (Å²) in [5.74, 6) is 2.85.